The summed E-state index contributed by atoms with van der Waals surface area (Å²) >= 11 is 0. The van der Waals surface area contributed by atoms with Crippen LogP contribution in [0.1, 0.15) is 35.2 Å². The summed E-state index contributed by atoms with van der Waals surface area (Å²) in [7, 11) is 0. The fraction of sp³-hybridized carbons (Fsp3) is 0.438. The maximum Gasteiger partial charge on any atom is 0.252 e. The van der Waals surface area contributed by atoms with E-state index >= 15 is 0 Å². The van der Waals surface area contributed by atoms with E-state index in [1.54, 1.807) is 0 Å². The maximum absolute atomic E-state index is 13.4. The third-order valence-electron chi connectivity index (χ3n) is 3.18. The van der Waals surface area contributed by atoms with Gasteiger partial charge in [0.1, 0.15) is 5.82 Å². The van der Waals surface area contributed by atoms with Crippen molar-refractivity contribution < 1.29 is 19.0 Å². The fourth-order valence-electron chi connectivity index (χ4n) is 2.14. The minimum atomic E-state index is -0.479. The van der Waals surface area contributed by atoms with Crippen LogP contribution in [0.4, 0.5) is 4.39 Å². The van der Waals surface area contributed by atoms with Crippen molar-refractivity contribution >= 4 is 5.91 Å². The molecule has 0 saturated carbocycles. The number of carbonyl (C=O) groups is 1. The van der Waals surface area contributed by atoms with E-state index in [0.29, 0.717) is 25.2 Å². The Morgan fingerprint density at radius 1 is 1.52 bits per heavy atom. The number of carbonyl (C=O) groups excluding carboxylic acids is 1. The van der Waals surface area contributed by atoms with E-state index in [9.17, 15) is 9.18 Å². The molecule has 1 aliphatic heterocycles. The molecule has 0 aromatic heterocycles. The number of hydrogen-bond donors (Lipinski definition) is 2. The van der Waals surface area contributed by atoms with Gasteiger partial charge in [-0.15, -0.1) is 0 Å². The molecule has 0 bridgehead atoms. The van der Waals surface area contributed by atoms with Crippen LogP contribution in [-0.2, 0) is 4.74 Å². The van der Waals surface area contributed by atoms with Crippen LogP contribution in [0.2, 0.25) is 0 Å². The molecule has 0 spiro atoms. The Morgan fingerprint density at radius 3 is 3.10 bits per heavy atom. The second kappa shape index (κ2) is 7.77. The smallest absolute Gasteiger partial charge is 0.252 e. The molecule has 1 atom stereocenters. The second-order valence-corrected chi connectivity index (χ2v) is 4.85. The number of ether oxygens (including phenoxy) is 1. The second-order valence-electron chi connectivity index (χ2n) is 4.85. The summed E-state index contributed by atoms with van der Waals surface area (Å²) in [6.45, 7) is 1.14. The Bertz CT molecular complexity index is 556. The lowest BCUT2D eigenvalue weighted by molar-refractivity contribution is 0.0624. The third-order valence-corrected chi connectivity index (χ3v) is 3.18. The summed E-state index contributed by atoms with van der Waals surface area (Å²) < 4.78 is 18.7. The van der Waals surface area contributed by atoms with Gasteiger partial charge in [0.05, 0.1) is 24.8 Å². The van der Waals surface area contributed by atoms with Gasteiger partial charge in [0, 0.05) is 18.6 Å². The van der Waals surface area contributed by atoms with Crippen molar-refractivity contribution in [1.29, 1.82) is 0 Å². The molecular formula is C16H18FNO3. The van der Waals surface area contributed by atoms with Crippen LogP contribution >= 0.6 is 0 Å². The van der Waals surface area contributed by atoms with Crippen molar-refractivity contribution in [2.75, 3.05) is 19.8 Å². The summed E-state index contributed by atoms with van der Waals surface area (Å²) in [6.07, 6.45) is 2.07. The zero-order valence-corrected chi connectivity index (χ0v) is 11.7. The predicted octanol–water partition coefficient (Wildman–Crippen LogP) is 1.47. The highest BCUT2D eigenvalue weighted by Gasteiger charge is 2.19. The van der Waals surface area contributed by atoms with Gasteiger partial charge in [-0.1, -0.05) is 11.8 Å². The highest BCUT2D eigenvalue weighted by Crippen LogP contribution is 2.13. The summed E-state index contributed by atoms with van der Waals surface area (Å²) in [4.78, 5) is 12.3. The fourth-order valence-corrected chi connectivity index (χ4v) is 2.14. The van der Waals surface area contributed by atoms with Crippen LogP contribution in [0.15, 0.2) is 18.2 Å². The van der Waals surface area contributed by atoms with E-state index < -0.39 is 5.82 Å². The van der Waals surface area contributed by atoms with Crippen LogP contribution in [0.5, 0.6) is 0 Å². The van der Waals surface area contributed by atoms with E-state index in [4.69, 9.17) is 9.84 Å². The van der Waals surface area contributed by atoms with Crippen molar-refractivity contribution in [2.24, 2.45) is 0 Å². The first-order valence-electron chi connectivity index (χ1n) is 6.98. The molecule has 1 amide bonds. The molecule has 1 aromatic rings. The number of aliphatic hydroxyl groups is 1. The van der Waals surface area contributed by atoms with Gasteiger partial charge in [0.15, 0.2) is 0 Å². The average molecular weight is 291 g/mol. The summed E-state index contributed by atoms with van der Waals surface area (Å²) in [5.41, 5.74) is 0.671. The molecule has 0 aliphatic carbocycles. The van der Waals surface area contributed by atoms with Crippen LogP contribution in [-0.4, -0.2) is 36.9 Å². The van der Waals surface area contributed by atoms with E-state index in [2.05, 4.69) is 17.2 Å². The van der Waals surface area contributed by atoms with Crippen molar-refractivity contribution in [2.45, 2.75) is 25.3 Å². The van der Waals surface area contributed by atoms with Crippen molar-refractivity contribution in [1.82, 2.24) is 5.32 Å². The lowest BCUT2D eigenvalue weighted by atomic mass is 10.0. The topological polar surface area (TPSA) is 58.6 Å². The van der Waals surface area contributed by atoms with Gasteiger partial charge in [-0.25, -0.2) is 4.39 Å². The van der Waals surface area contributed by atoms with Crippen LogP contribution in [0.3, 0.4) is 0 Å². The van der Waals surface area contributed by atoms with Gasteiger partial charge in [-0.2, -0.15) is 0 Å². The monoisotopic (exact) mass is 291 g/mol. The zero-order chi connectivity index (χ0) is 15.1. The Labute approximate surface area is 123 Å². The summed E-state index contributed by atoms with van der Waals surface area (Å²) in [5, 5.41) is 11.6. The van der Waals surface area contributed by atoms with E-state index in [1.165, 1.54) is 18.2 Å². The summed E-state index contributed by atoms with van der Waals surface area (Å²) in [5.74, 6) is 4.71. The minimum Gasteiger partial charge on any atom is -0.395 e. The molecule has 1 aliphatic rings. The van der Waals surface area contributed by atoms with E-state index in [0.717, 1.165) is 12.8 Å². The molecule has 1 heterocycles. The largest absolute Gasteiger partial charge is 0.395 e. The molecule has 112 valence electrons. The zero-order valence-electron chi connectivity index (χ0n) is 11.7. The minimum absolute atomic E-state index is 0.0465. The number of hydrogen-bond acceptors (Lipinski definition) is 3. The Morgan fingerprint density at radius 2 is 2.38 bits per heavy atom. The number of nitrogens with one attached hydrogen (secondary N) is 1. The number of amides is 1. The molecule has 1 saturated heterocycles. The van der Waals surface area contributed by atoms with E-state index in [1.807, 2.05) is 0 Å². The van der Waals surface area contributed by atoms with Crippen molar-refractivity contribution in [3.8, 4) is 11.8 Å². The lowest BCUT2D eigenvalue weighted by Gasteiger charge is -2.23. The molecule has 1 fully saturated rings. The third kappa shape index (κ3) is 4.55. The lowest BCUT2D eigenvalue weighted by Crippen LogP contribution is -2.40. The van der Waals surface area contributed by atoms with Gasteiger partial charge in [0.25, 0.3) is 5.91 Å². The molecule has 2 rings (SSSR count). The Kier molecular flexibility index (Phi) is 5.73. The number of benzene rings is 1. The highest BCUT2D eigenvalue weighted by atomic mass is 19.1. The van der Waals surface area contributed by atoms with Crippen molar-refractivity contribution in [3.05, 3.63) is 35.1 Å². The van der Waals surface area contributed by atoms with Crippen LogP contribution < -0.4 is 5.32 Å². The van der Waals surface area contributed by atoms with Gasteiger partial charge < -0.3 is 15.2 Å². The van der Waals surface area contributed by atoms with Crippen LogP contribution in [0, 0.1) is 17.7 Å². The molecule has 4 nitrogen and oxygen atoms in total. The average Bonchev–Trinajstić information content (AvgIpc) is 2.50. The van der Waals surface area contributed by atoms with Gasteiger partial charge in [0.2, 0.25) is 0 Å². The number of aliphatic hydroxyl groups excluding tert-OH is 1. The predicted molar refractivity (Wildman–Crippen MR) is 76.3 cm³/mol. The first-order valence-corrected chi connectivity index (χ1v) is 6.98. The molecule has 5 heteroatoms. The van der Waals surface area contributed by atoms with Crippen molar-refractivity contribution in [3.63, 3.8) is 0 Å². The maximum atomic E-state index is 13.4. The first kappa shape index (κ1) is 15.5. The van der Waals surface area contributed by atoms with Gasteiger partial charge in [-0.05, 0) is 31.0 Å². The number of rotatable bonds is 3. The standard InChI is InChI=1S/C16H18FNO3/c17-13-7-6-12(4-1-2-8-19)15(10-13)16(20)18-14-5-3-9-21-11-14/h6-7,10,14,19H,2-3,5,8-9,11H2,(H,18,20). The molecule has 1 aromatic carbocycles. The molecule has 1 unspecified atom stereocenters. The molecule has 0 radical (unpaired) electrons. The van der Waals surface area contributed by atoms with Gasteiger partial charge in [-0.3, -0.25) is 4.79 Å². The van der Waals surface area contributed by atoms with Crippen LogP contribution in [0.25, 0.3) is 0 Å². The van der Waals surface area contributed by atoms with Gasteiger partial charge >= 0.3 is 0 Å². The molecular weight excluding hydrogens is 273 g/mol. The number of halogens is 1. The first-order chi connectivity index (χ1) is 10.2. The normalized spacial score (nSPS) is 17.7. The van der Waals surface area contributed by atoms with E-state index in [-0.39, 0.29) is 24.1 Å². The highest BCUT2D eigenvalue weighted by molar-refractivity contribution is 5.97. The Hall–Kier alpha value is -1.90. The Balaban J connectivity index is 2.14. The quantitative estimate of drug-likeness (QED) is 0.829. The SMILES string of the molecule is O=C(NC1CCCOC1)c1cc(F)ccc1C#CCCO. The molecule has 21 heavy (non-hydrogen) atoms. The summed E-state index contributed by atoms with van der Waals surface area (Å²) in [6, 6.07) is 3.88. The molecule has 2 N–H and O–H groups in total.